The second-order valence-corrected chi connectivity index (χ2v) is 4.55. The molecule has 6 heteroatoms. The molecule has 0 aromatic heterocycles. The van der Waals surface area contributed by atoms with Crippen molar-refractivity contribution in [3.8, 4) is 5.75 Å². The number of carboxylic acids is 1. The summed E-state index contributed by atoms with van der Waals surface area (Å²) in [5, 5.41) is 20.0. The minimum atomic E-state index is -1.46. The summed E-state index contributed by atoms with van der Waals surface area (Å²) in [5.41, 5.74) is 1.97. The molecule has 20 heavy (non-hydrogen) atoms. The molecule has 0 bridgehead atoms. The summed E-state index contributed by atoms with van der Waals surface area (Å²) in [6.07, 6.45) is -1.50. The topological polar surface area (TPSA) is 95.9 Å². The zero-order valence-corrected chi connectivity index (χ0v) is 11.5. The van der Waals surface area contributed by atoms with Crippen molar-refractivity contribution in [2.45, 2.75) is 26.4 Å². The molecule has 1 aromatic carbocycles. The molecule has 1 aromatic rings. The van der Waals surface area contributed by atoms with Crippen molar-refractivity contribution < 1.29 is 24.5 Å². The zero-order valence-electron chi connectivity index (χ0n) is 11.5. The predicted molar refractivity (Wildman–Crippen MR) is 72.7 cm³/mol. The molecule has 0 unspecified atom stereocenters. The molecule has 1 rings (SSSR count). The second kappa shape index (κ2) is 7.49. The molecule has 0 spiro atoms. The van der Waals surface area contributed by atoms with E-state index in [0.29, 0.717) is 5.75 Å². The van der Waals surface area contributed by atoms with Crippen molar-refractivity contribution >= 4 is 11.9 Å². The van der Waals surface area contributed by atoms with Crippen LogP contribution in [-0.4, -0.2) is 41.3 Å². The first-order valence-electron chi connectivity index (χ1n) is 6.27. The molecule has 0 saturated carbocycles. The van der Waals surface area contributed by atoms with Crippen LogP contribution in [0.25, 0.3) is 0 Å². The SMILES string of the molecule is Cc1ccc(C)c(OCC(=O)NCC[C@H](O)C(=O)O)c1. The average Bonchev–Trinajstić information content (AvgIpc) is 2.39. The summed E-state index contributed by atoms with van der Waals surface area (Å²) in [5.74, 6) is -1.01. The summed E-state index contributed by atoms with van der Waals surface area (Å²) in [6.45, 7) is 3.76. The van der Waals surface area contributed by atoms with Crippen LogP contribution in [-0.2, 0) is 9.59 Å². The Bertz CT molecular complexity index is 486. The van der Waals surface area contributed by atoms with Gasteiger partial charge in [0.2, 0.25) is 0 Å². The summed E-state index contributed by atoms with van der Waals surface area (Å²) < 4.78 is 5.39. The Balaban J connectivity index is 2.33. The Hall–Kier alpha value is -2.08. The summed E-state index contributed by atoms with van der Waals surface area (Å²) in [6, 6.07) is 5.71. The van der Waals surface area contributed by atoms with E-state index in [1.807, 2.05) is 32.0 Å². The van der Waals surface area contributed by atoms with E-state index in [4.69, 9.17) is 14.9 Å². The van der Waals surface area contributed by atoms with Gasteiger partial charge in [-0.25, -0.2) is 4.79 Å². The van der Waals surface area contributed by atoms with Crippen LogP contribution in [0.2, 0.25) is 0 Å². The van der Waals surface area contributed by atoms with Gasteiger partial charge in [-0.1, -0.05) is 12.1 Å². The van der Waals surface area contributed by atoms with Gasteiger partial charge in [0.25, 0.3) is 5.91 Å². The van der Waals surface area contributed by atoms with Crippen LogP contribution in [0.4, 0.5) is 0 Å². The van der Waals surface area contributed by atoms with Crippen LogP contribution in [0.5, 0.6) is 5.75 Å². The van der Waals surface area contributed by atoms with Gasteiger partial charge >= 0.3 is 5.97 Å². The number of carboxylic acid groups (broad SMARTS) is 1. The smallest absolute Gasteiger partial charge is 0.332 e. The average molecular weight is 281 g/mol. The highest BCUT2D eigenvalue weighted by molar-refractivity contribution is 5.77. The molecule has 110 valence electrons. The molecule has 0 aliphatic heterocycles. The number of hydrogen-bond donors (Lipinski definition) is 3. The van der Waals surface area contributed by atoms with Gasteiger partial charge < -0.3 is 20.3 Å². The Kier molecular flexibility index (Phi) is 5.99. The molecule has 0 radical (unpaired) electrons. The van der Waals surface area contributed by atoms with Crippen molar-refractivity contribution in [1.29, 1.82) is 0 Å². The fourth-order valence-electron chi connectivity index (χ4n) is 1.53. The monoisotopic (exact) mass is 281 g/mol. The summed E-state index contributed by atoms with van der Waals surface area (Å²) in [7, 11) is 0. The molecule has 0 heterocycles. The Morgan fingerprint density at radius 1 is 1.35 bits per heavy atom. The van der Waals surface area contributed by atoms with Gasteiger partial charge in [0.15, 0.2) is 12.7 Å². The van der Waals surface area contributed by atoms with Crippen molar-refractivity contribution in [1.82, 2.24) is 5.32 Å². The predicted octanol–water partition coefficient (Wildman–Crippen LogP) is 0.634. The minimum absolute atomic E-state index is 0.0372. The number of carbonyl (C=O) groups excluding carboxylic acids is 1. The van der Waals surface area contributed by atoms with Gasteiger partial charge in [0.1, 0.15) is 5.75 Å². The molecular formula is C14H19NO5. The lowest BCUT2D eigenvalue weighted by Crippen LogP contribution is -2.33. The van der Waals surface area contributed by atoms with Gasteiger partial charge in [-0.05, 0) is 31.0 Å². The number of ether oxygens (including phenoxy) is 1. The van der Waals surface area contributed by atoms with E-state index in [9.17, 15) is 9.59 Å². The third-order valence-electron chi connectivity index (χ3n) is 2.73. The molecule has 1 atom stereocenters. The van der Waals surface area contributed by atoms with Crippen molar-refractivity contribution in [2.24, 2.45) is 0 Å². The van der Waals surface area contributed by atoms with Gasteiger partial charge in [0.05, 0.1) is 0 Å². The van der Waals surface area contributed by atoms with Gasteiger partial charge in [0, 0.05) is 13.0 Å². The molecule has 0 aliphatic carbocycles. The zero-order chi connectivity index (χ0) is 15.1. The first-order chi connectivity index (χ1) is 9.40. The minimum Gasteiger partial charge on any atom is -0.483 e. The lowest BCUT2D eigenvalue weighted by Gasteiger charge is -2.11. The number of carbonyl (C=O) groups is 2. The van der Waals surface area contributed by atoms with Gasteiger partial charge in [-0.2, -0.15) is 0 Å². The van der Waals surface area contributed by atoms with Crippen molar-refractivity contribution in [2.75, 3.05) is 13.2 Å². The largest absolute Gasteiger partial charge is 0.483 e. The number of aliphatic hydroxyl groups excluding tert-OH is 1. The van der Waals surface area contributed by atoms with Crippen LogP contribution in [0.1, 0.15) is 17.5 Å². The number of nitrogens with one attached hydrogen (secondary N) is 1. The van der Waals surface area contributed by atoms with Crippen molar-refractivity contribution in [3.63, 3.8) is 0 Å². The molecule has 0 aliphatic rings. The third kappa shape index (κ3) is 5.27. The Morgan fingerprint density at radius 2 is 2.05 bits per heavy atom. The molecule has 3 N–H and O–H groups in total. The first kappa shape index (κ1) is 16.0. The second-order valence-electron chi connectivity index (χ2n) is 4.55. The quantitative estimate of drug-likeness (QED) is 0.681. The van der Waals surface area contributed by atoms with E-state index < -0.39 is 12.1 Å². The molecule has 0 fully saturated rings. The van der Waals surface area contributed by atoms with E-state index >= 15 is 0 Å². The maximum atomic E-state index is 11.5. The van der Waals surface area contributed by atoms with E-state index in [0.717, 1.165) is 11.1 Å². The highest BCUT2D eigenvalue weighted by Crippen LogP contribution is 2.18. The van der Waals surface area contributed by atoms with E-state index in [1.54, 1.807) is 0 Å². The number of aliphatic hydroxyl groups is 1. The highest BCUT2D eigenvalue weighted by atomic mass is 16.5. The molecule has 0 saturated heterocycles. The molecular weight excluding hydrogens is 262 g/mol. The van der Waals surface area contributed by atoms with Crippen LogP contribution < -0.4 is 10.1 Å². The van der Waals surface area contributed by atoms with Gasteiger partial charge in [-0.15, -0.1) is 0 Å². The van der Waals surface area contributed by atoms with Crippen LogP contribution in [0.15, 0.2) is 18.2 Å². The highest BCUT2D eigenvalue weighted by Gasteiger charge is 2.13. The lowest BCUT2D eigenvalue weighted by molar-refractivity contribution is -0.147. The number of amides is 1. The van der Waals surface area contributed by atoms with Crippen molar-refractivity contribution in [3.05, 3.63) is 29.3 Å². The van der Waals surface area contributed by atoms with Crippen LogP contribution in [0.3, 0.4) is 0 Å². The van der Waals surface area contributed by atoms with Crippen LogP contribution >= 0.6 is 0 Å². The number of benzene rings is 1. The van der Waals surface area contributed by atoms with Crippen LogP contribution in [0, 0.1) is 13.8 Å². The number of rotatable bonds is 7. The van der Waals surface area contributed by atoms with Gasteiger partial charge in [-0.3, -0.25) is 4.79 Å². The fourth-order valence-corrected chi connectivity index (χ4v) is 1.53. The Morgan fingerprint density at radius 3 is 2.70 bits per heavy atom. The lowest BCUT2D eigenvalue weighted by atomic mass is 10.1. The summed E-state index contributed by atoms with van der Waals surface area (Å²) >= 11 is 0. The fraction of sp³-hybridized carbons (Fsp3) is 0.429. The maximum Gasteiger partial charge on any atom is 0.332 e. The normalized spacial score (nSPS) is 11.8. The standard InChI is InChI=1S/C14H19NO5/c1-9-3-4-10(2)12(7-9)20-8-13(17)15-6-5-11(16)14(18)19/h3-4,7,11,16H,5-6,8H2,1-2H3,(H,15,17)(H,18,19)/t11-/m0/s1. The third-order valence-corrected chi connectivity index (χ3v) is 2.73. The number of hydrogen-bond acceptors (Lipinski definition) is 4. The van der Waals surface area contributed by atoms with E-state index in [2.05, 4.69) is 5.32 Å². The van der Waals surface area contributed by atoms with E-state index in [1.165, 1.54) is 0 Å². The summed E-state index contributed by atoms with van der Waals surface area (Å²) in [4.78, 5) is 21.9. The maximum absolute atomic E-state index is 11.5. The number of aryl methyl sites for hydroxylation is 2. The van der Waals surface area contributed by atoms with E-state index in [-0.39, 0.29) is 25.5 Å². The Labute approximate surface area is 117 Å². The first-order valence-corrected chi connectivity index (χ1v) is 6.27. The molecule has 1 amide bonds. The number of aliphatic carboxylic acids is 1. The molecule has 6 nitrogen and oxygen atoms in total.